The number of rotatable bonds is 6. The van der Waals surface area contributed by atoms with Gasteiger partial charge in [-0.2, -0.15) is 0 Å². The minimum Gasteiger partial charge on any atom is -0.372 e. The third kappa shape index (κ3) is 4.03. The number of carbonyl (C=O) groups excluding carboxylic acids is 1. The minimum atomic E-state index is -3.93. The third-order valence-electron chi connectivity index (χ3n) is 6.18. The Balaban J connectivity index is 1.69. The highest BCUT2D eigenvalue weighted by Gasteiger charge is 2.43. The Morgan fingerprint density at radius 2 is 2.00 bits per heavy atom. The molecule has 0 fully saturated rings. The van der Waals surface area contributed by atoms with E-state index >= 15 is 0 Å². The maximum atomic E-state index is 15.0. The lowest BCUT2D eigenvalue weighted by Crippen LogP contribution is -2.50. The van der Waals surface area contributed by atoms with Gasteiger partial charge in [0.2, 0.25) is 0 Å². The number of ether oxygens (including phenoxy) is 1. The van der Waals surface area contributed by atoms with Gasteiger partial charge < -0.3 is 4.74 Å². The van der Waals surface area contributed by atoms with Crippen molar-refractivity contribution in [1.29, 1.82) is 0 Å². The number of hydrogen-bond donors (Lipinski definition) is 2. The third-order valence-corrected chi connectivity index (χ3v) is 8.20. The van der Waals surface area contributed by atoms with Crippen molar-refractivity contribution in [3.63, 3.8) is 0 Å². The average molecular weight is 475 g/mol. The molecule has 33 heavy (non-hydrogen) atoms. The lowest BCUT2D eigenvalue weighted by Gasteiger charge is -2.25. The summed E-state index contributed by atoms with van der Waals surface area (Å²) in [5.74, 6) is -1.71. The van der Waals surface area contributed by atoms with Crippen LogP contribution in [0.4, 0.5) is 4.39 Å². The van der Waals surface area contributed by atoms with Crippen LogP contribution < -0.4 is 11.0 Å². The summed E-state index contributed by atoms with van der Waals surface area (Å²) in [5.41, 5.74) is 4.04. The Morgan fingerprint density at radius 3 is 2.70 bits per heavy atom. The largest absolute Gasteiger partial charge is 0.372 e. The molecule has 0 radical (unpaired) electrons. The summed E-state index contributed by atoms with van der Waals surface area (Å²) >= 11 is 0. The van der Waals surface area contributed by atoms with Crippen LogP contribution in [-0.2, 0) is 39.1 Å². The van der Waals surface area contributed by atoms with Crippen LogP contribution in [0.5, 0.6) is 0 Å². The molecule has 9 nitrogen and oxygen atoms in total. The number of nitrogens with one attached hydrogen (secondary N) is 1. The molecule has 3 aromatic rings. The van der Waals surface area contributed by atoms with Crippen LogP contribution in [0.1, 0.15) is 24.5 Å². The fraction of sp³-hybridized carbons (Fsp3) is 0.318. The molecule has 4 rings (SSSR count). The van der Waals surface area contributed by atoms with Crippen LogP contribution in [0.15, 0.2) is 41.5 Å². The highest BCUT2D eigenvalue weighted by Crippen LogP contribution is 2.30. The molecule has 0 unspecified atom stereocenters. The number of fused-ring (bicyclic) bond motifs is 2. The van der Waals surface area contributed by atoms with Crippen molar-refractivity contribution in [2.45, 2.75) is 37.9 Å². The SMILES string of the molecule is C[C@@](CCn1cnc2cc(-c3ccc4c(c3)COC4)c(F)cc2c1=O)(C(=O)NO)S(C)(=O)=O. The Bertz CT molecular complexity index is 1440. The first kappa shape index (κ1) is 23.0. The van der Waals surface area contributed by atoms with Crippen LogP contribution in [0.2, 0.25) is 0 Å². The summed E-state index contributed by atoms with van der Waals surface area (Å²) in [6, 6.07) is 8.13. The van der Waals surface area contributed by atoms with E-state index in [0.29, 0.717) is 24.3 Å². The quantitative estimate of drug-likeness (QED) is 0.412. The Kier molecular flexibility index (Phi) is 5.81. The highest BCUT2D eigenvalue weighted by molar-refractivity contribution is 7.92. The summed E-state index contributed by atoms with van der Waals surface area (Å²) < 4.78 is 43.8. The van der Waals surface area contributed by atoms with E-state index in [9.17, 15) is 22.4 Å². The van der Waals surface area contributed by atoms with Crippen LogP contribution in [0.3, 0.4) is 0 Å². The Labute approximate surface area is 188 Å². The maximum absolute atomic E-state index is 15.0. The molecule has 0 bridgehead atoms. The predicted octanol–water partition coefficient (Wildman–Crippen LogP) is 1.93. The van der Waals surface area contributed by atoms with Crippen molar-refractivity contribution in [1.82, 2.24) is 15.0 Å². The van der Waals surface area contributed by atoms with Gasteiger partial charge in [-0.25, -0.2) is 23.3 Å². The second-order valence-electron chi connectivity index (χ2n) is 8.26. The zero-order valence-electron chi connectivity index (χ0n) is 18.0. The van der Waals surface area contributed by atoms with E-state index in [1.807, 2.05) is 12.1 Å². The molecule has 174 valence electrons. The van der Waals surface area contributed by atoms with E-state index in [4.69, 9.17) is 9.94 Å². The van der Waals surface area contributed by atoms with Crippen molar-refractivity contribution < 1.29 is 27.5 Å². The average Bonchev–Trinajstić information content (AvgIpc) is 3.25. The second kappa shape index (κ2) is 8.32. The van der Waals surface area contributed by atoms with Gasteiger partial charge in [-0.05, 0) is 48.2 Å². The normalized spacial score (nSPS) is 15.3. The fourth-order valence-corrected chi connectivity index (χ4v) is 4.66. The van der Waals surface area contributed by atoms with Gasteiger partial charge in [0, 0.05) is 18.4 Å². The van der Waals surface area contributed by atoms with Crippen molar-refractivity contribution in [3.8, 4) is 11.1 Å². The monoisotopic (exact) mass is 475 g/mol. The topological polar surface area (TPSA) is 128 Å². The lowest BCUT2D eigenvalue weighted by atomic mass is 9.99. The van der Waals surface area contributed by atoms with E-state index in [2.05, 4.69) is 4.98 Å². The van der Waals surface area contributed by atoms with Crippen LogP contribution in [-0.4, -0.2) is 40.1 Å². The second-order valence-corrected chi connectivity index (χ2v) is 10.7. The molecule has 1 aromatic heterocycles. The molecule has 1 aliphatic rings. The number of halogens is 1. The smallest absolute Gasteiger partial charge is 0.264 e. The standard InChI is InChI=1S/C22H22FN3O6S/c1-22(21(28)25-29,33(2,30)31)5-6-26-12-24-19-9-16(18(23)8-17(19)20(26)27)13-3-4-14-10-32-11-15(14)7-13/h3-4,7-9,12,29H,5-6,10-11H2,1-2H3,(H,25,28)/t22-/m1/s1. The van der Waals surface area contributed by atoms with Gasteiger partial charge in [0.25, 0.3) is 11.5 Å². The molecular formula is C22H22FN3O6S. The highest BCUT2D eigenvalue weighted by atomic mass is 32.2. The Morgan fingerprint density at radius 1 is 1.27 bits per heavy atom. The first-order valence-electron chi connectivity index (χ1n) is 10.1. The fourth-order valence-electron chi connectivity index (χ4n) is 3.82. The molecule has 1 atom stereocenters. The van der Waals surface area contributed by atoms with E-state index in [-0.39, 0.29) is 23.9 Å². The van der Waals surface area contributed by atoms with Gasteiger partial charge in [0.15, 0.2) is 14.6 Å². The molecule has 0 spiro atoms. The number of nitrogens with zero attached hydrogens (tertiary/aromatic N) is 2. The van der Waals surface area contributed by atoms with Crippen molar-refractivity contribution in [2.75, 3.05) is 6.26 Å². The molecule has 2 N–H and O–H groups in total. The maximum Gasteiger partial charge on any atom is 0.264 e. The summed E-state index contributed by atoms with van der Waals surface area (Å²) in [6.07, 6.45) is 1.79. The van der Waals surface area contributed by atoms with Crippen molar-refractivity contribution >= 4 is 26.6 Å². The number of aryl methyl sites for hydroxylation is 1. The van der Waals surface area contributed by atoms with E-state index in [0.717, 1.165) is 34.9 Å². The summed E-state index contributed by atoms with van der Waals surface area (Å²) in [6.45, 7) is 1.95. The van der Waals surface area contributed by atoms with Gasteiger partial charge in [-0.15, -0.1) is 0 Å². The van der Waals surface area contributed by atoms with E-state index < -0.39 is 31.9 Å². The number of sulfone groups is 1. The molecule has 2 heterocycles. The number of amides is 1. The lowest BCUT2D eigenvalue weighted by molar-refractivity contribution is -0.131. The van der Waals surface area contributed by atoms with E-state index in [1.54, 1.807) is 6.07 Å². The van der Waals surface area contributed by atoms with E-state index in [1.165, 1.54) is 17.9 Å². The van der Waals surface area contributed by atoms with Crippen molar-refractivity contribution in [2.24, 2.45) is 0 Å². The number of carbonyl (C=O) groups is 1. The van der Waals surface area contributed by atoms with Crippen LogP contribution >= 0.6 is 0 Å². The number of hydroxylamine groups is 1. The molecule has 11 heteroatoms. The number of aromatic nitrogens is 2. The molecular weight excluding hydrogens is 453 g/mol. The van der Waals surface area contributed by atoms with Gasteiger partial charge in [0.1, 0.15) is 5.82 Å². The summed E-state index contributed by atoms with van der Waals surface area (Å²) in [4.78, 5) is 29.2. The van der Waals surface area contributed by atoms with Gasteiger partial charge in [0.05, 0.1) is 30.4 Å². The van der Waals surface area contributed by atoms with Gasteiger partial charge >= 0.3 is 0 Å². The molecule has 1 amide bonds. The Hall–Kier alpha value is -3.15. The first-order valence-corrected chi connectivity index (χ1v) is 12.0. The van der Waals surface area contributed by atoms with Gasteiger partial charge in [-0.3, -0.25) is 19.4 Å². The molecule has 0 saturated heterocycles. The zero-order valence-corrected chi connectivity index (χ0v) is 18.8. The molecule has 2 aromatic carbocycles. The zero-order chi connectivity index (χ0) is 24.0. The summed E-state index contributed by atoms with van der Waals surface area (Å²) in [5, 5.41) is 8.96. The number of benzene rings is 2. The first-order chi connectivity index (χ1) is 15.5. The molecule has 1 aliphatic heterocycles. The van der Waals surface area contributed by atoms with Gasteiger partial charge in [-0.1, -0.05) is 12.1 Å². The van der Waals surface area contributed by atoms with Crippen LogP contribution in [0, 0.1) is 5.82 Å². The summed E-state index contributed by atoms with van der Waals surface area (Å²) in [7, 11) is -3.93. The molecule has 0 saturated carbocycles. The minimum absolute atomic E-state index is 0.0240. The number of hydrogen-bond acceptors (Lipinski definition) is 7. The predicted molar refractivity (Wildman–Crippen MR) is 118 cm³/mol. The van der Waals surface area contributed by atoms with Crippen LogP contribution in [0.25, 0.3) is 22.0 Å². The molecule has 0 aliphatic carbocycles. The van der Waals surface area contributed by atoms with Crippen molar-refractivity contribution in [3.05, 3.63) is 64.0 Å².